The standard InChI is InChI=1S/C16H24N2O2S.ClH/c1-12-5-3-4-6-15(12)20-13(2)10-18-16(19)9-14-11-21-8-7-17-14;/h3-6,13-14,17H,7-11H2,1-2H3,(H,18,19);1H. The minimum Gasteiger partial charge on any atom is -0.489 e. The Balaban J connectivity index is 0.00000242. The molecule has 0 saturated carbocycles. The molecule has 0 bridgehead atoms. The number of carbonyl (C=O) groups excluding carboxylic acids is 1. The van der Waals surface area contributed by atoms with Crippen LogP contribution in [0.25, 0.3) is 0 Å². The number of thioether (sulfide) groups is 1. The summed E-state index contributed by atoms with van der Waals surface area (Å²) in [5.41, 5.74) is 1.11. The summed E-state index contributed by atoms with van der Waals surface area (Å²) in [6, 6.07) is 8.23. The van der Waals surface area contributed by atoms with Crippen LogP contribution in [0, 0.1) is 6.92 Å². The number of nitrogens with one attached hydrogen (secondary N) is 2. The highest BCUT2D eigenvalue weighted by atomic mass is 35.5. The van der Waals surface area contributed by atoms with Crippen LogP contribution in [0.4, 0.5) is 0 Å². The van der Waals surface area contributed by atoms with E-state index >= 15 is 0 Å². The van der Waals surface area contributed by atoms with Gasteiger partial charge in [-0.25, -0.2) is 0 Å². The van der Waals surface area contributed by atoms with Crippen LogP contribution in [-0.2, 0) is 4.79 Å². The minimum atomic E-state index is -0.0382. The fraction of sp³-hybridized carbons (Fsp3) is 0.562. The van der Waals surface area contributed by atoms with E-state index in [-0.39, 0.29) is 24.4 Å². The molecule has 1 aliphatic heterocycles. The zero-order chi connectivity index (χ0) is 15.1. The van der Waals surface area contributed by atoms with E-state index in [4.69, 9.17) is 4.74 Å². The summed E-state index contributed by atoms with van der Waals surface area (Å²) in [5.74, 6) is 3.13. The van der Waals surface area contributed by atoms with E-state index in [1.807, 2.05) is 49.9 Å². The van der Waals surface area contributed by atoms with Crippen molar-refractivity contribution in [2.24, 2.45) is 0 Å². The predicted octanol–water partition coefficient (Wildman–Crippen LogP) is 2.40. The highest BCUT2D eigenvalue weighted by Crippen LogP contribution is 2.17. The van der Waals surface area contributed by atoms with E-state index < -0.39 is 0 Å². The molecule has 124 valence electrons. The van der Waals surface area contributed by atoms with Gasteiger partial charge in [0.2, 0.25) is 5.91 Å². The zero-order valence-electron chi connectivity index (χ0n) is 13.1. The molecule has 0 radical (unpaired) electrons. The second-order valence-electron chi connectivity index (χ2n) is 5.43. The number of hydrogen-bond acceptors (Lipinski definition) is 4. The molecule has 0 aromatic heterocycles. The average Bonchev–Trinajstić information content (AvgIpc) is 2.49. The molecule has 1 aromatic rings. The Morgan fingerprint density at radius 2 is 2.27 bits per heavy atom. The molecule has 1 aromatic carbocycles. The van der Waals surface area contributed by atoms with E-state index in [1.54, 1.807) is 0 Å². The number of carbonyl (C=O) groups is 1. The SMILES string of the molecule is Cc1ccccc1OC(C)CNC(=O)CC1CSCCN1.Cl. The van der Waals surface area contributed by atoms with Gasteiger partial charge in [-0.05, 0) is 25.5 Å². The maximum atomic E-state index is 11.9. The first-order chi connectivity index (χ1) is 10.1. The molecule has 2 atom stereocenters. The van der Waals surface area contributed by atoms with E-state index in [1.165, 1.54) is 0 Å². The van der Waals surface area contributed by atoms with Crippen molar-refractivity contribution < 1.29 is 9.53 Å². The van der Waals surface area contributed by atoms with Crippen LogP contribution >= 0.6 is 24.2 Å². The van der Waals surface area contributed by atoms with Crippen molar-refractivity contribution in [2.45, 2.75) is 32.4 Å². The van der Waals surface area contributed by atoms with Gasteiger partial charge in [-0.2, -0.15) is 11.8 Å². The largest absolute Gasteiger partial charge is 0.489 e. The lowest BCUT2D eigenvalue weighted by atomic mass is 10.2. The molecule has 0 aliphatic carbocycles. The Hall–Kier alpha value is -0.910. The van der Waals surface area contributed by atoms with Gasteiger partial charge in [-0.15, -0.1) is 12.4 Å². The van der Waals surface area contributed by atoms with Crippen molar-refractivity contribution in [3.63, 3.8) is 0 Å². The molecule has 1 heterocycles. The summed E-state index contributed by atoms with van der Waals surface area (Å²) in [6.07, 6.45) is 0.508. The highest BCUT2D eigenvalue weighted by molar-refractivity contribution is 7.99. The number of aryl methyl sites for hydroxylation is 1. The van der Waals surface area contributed by atoms with Crippen molar-refractivity contribution in [3.05, 3.63) is 29.8 Å². The molecule has 6 heteroatoms. The molecule has 1 amide bonds. The van der Waals surface area contributed by atoms with Gasteiger partial charge in [-0.1, -0.05) is 18.2 Å². The number of benzene rings is 1. The Labute approximate surface area is 143 Å². The third-order valence-electron chi connectivity index (χ3n) is 3.44. The van der Waals surface area contributed by atoms with Gasteiger partial charge in [0.05, 0.1) is 6.54 Å². The van der Waals surface area contributed by atoms with E-state index in [0.717, 1.165) is 29.4 Å². The number of para-hydroxylation sites is 1. The van der Waals surface area contributed by atoms with Gasteiger partial charge in [0.1, 0.15) is 11.9 Å². The van der Waals surface area contributed by atoms with Gasteiger partial charge >= 0.3 is 0 Å². The van der Waals surface area contributed by atoms with Gasteiger partial charge in [-0.3, -0.25) is 4.79 Å². The number of rotatable bonds is 6. The first-order valence-corrected chi connectivity index (χ1v) is 8.60. The molecular weight excluding hydrogens is 320 g/mol. The lowest BCUT2D eigenvalue weighted by Gasteiger charge is -2.23. The summed E-state index contributed by atoms with van der Waals surface area (Å²) in [5, 5.41) is 6.33. The van der Waals surface area contributed by atoms with Gasteiger partial charge in [0.15, 0.2) is 0 Å². The lowest BCUT2D eigenvalue weighted by molar-refractivity contribution is -0.121. The van der Waals surface area contributed by atoms with Gasteiger partial charge in [0.25, 0.3) is 0 Å². The molecule has 22 heavy (non-hydrogen) atoms. The van der Waals surface area contributed by atoms with Crippen LogP contribution in [0.1, 0.15) is 18.9 Å². The lowest BCUT2D eigenvalue weighted by Crippen LogP contribution is -2.42. The summed E-state index contributed by atoms with van der Waals surface area (Å²) >= 11 is 1.91. The number of ether oxygens (including phenoxy) is 1. The van der Waals surface area contributed by atoms with Crippen LogP contribution in [0.3, 0.4) is 0 Å². The predicted molar refractivity (Wildman–Crippen MR) is 95.3 cm³/mol. The molecule has 2 N–H and O–H groups in total. The minimum absolute atomic E-state index is 0. The van der Waals surface area contributed by atoms with Crippen LogP contribution < -0.4 is 15.4 Å². The maximum absolute atomic E-state index is 11.9. The van der Waals surface area contributed by atoms with Gasteiger partial charge < -0.3 is 15.4 Å². The third-order valence-corrected chi connectivity index (χ3v) is 4.57. The molecule has 0 spiro atoms. The van der Waals surface area contributed by atoms with Crippen molar-refractivity contribution in [1.82, 2.24) is 10.6 Å². The maximum Gasteiger partial charge on any atom is 0.221 e. The molecule has 4 nitrogen and oxygen atoms in total. The van der Waals surface area contributed by atoms with E-state index in [9.17, 15) is 4.79 Å². The quantitative estimate of drug-likeness (QED) is 0.832. The molecular formula is C16H25ClN2O2S. The van der Waals surface area contributed by atoms with Crippen LogP contribution in [0.2, 0.25) is 0 Å². The Morgan fingerprint density at radius 3 is 2.95 bits per heavy atom. The van der Waals surface area contributed by atoms with E-state index in [0.29, 0.717) is 19.0 Å². The monoisotopic (exact) mass is 344 g/mol. The molecule has 1 aliphatic rings. The first kappa shape index (κ1) is 19.1. The summed E-state index contributed by atoms with van der Waals surface area (Å²) in [6.45, 7) is 5.52. The van der Waals surface area contributed by atoms with Crippen molar-refractivity contribution in [2.75, 3.05) is 24.6 Å². The number of halogens is 1. The summed E-state index contributed by atoms with van der Waals surface area (Å²) < 4.78 is 5.85. The van der Waals surface area contributed by atoms with Crippen molar-refractivity contribution >= 4 is 30.1 Å². The Morgan fingerprint density at radius 1 is 1.50 bits per heavy atom. The second kappa shape index (κ2) is 9.98. The molecule has 2 unspecified atom stereocenters. The van der Waals surface area contributed by atoms with Crippen LogP contribution in [0.5, 0.6) is 5.75 Å². The topological polar surface area (TPSA) is 50.4 Å². The normalized spacial score (nSPS) is 18.9. The second-order valence-corrected chi connectivity index (χ2v) is 6.58. The fourth-order valence-corrected chi connectivity index (χ4v) is 3.20. The van der Waals surface area contributed by atoms with Crippen LogP contribution in [0.15, 0.2) is 24.3 Å². The number of amides is 1. The molecule has 1 saturated heterocycles. The zero-order valence-corrected chi connectivity index (χ0v) is 14.8. The third kappa shape index (κ3) is 6.46. The van der Waals surface area contributed by atoms with Crippen molar-refractivity contribution in [1.29, 1.82) is 0 Å². The van der Waals surface area contributed by atoms with E-state index in [2.05, 4.69) is 10.6 Å². The fourth-order valence-electron chi connectivity index (χ4n) is 2.25. The van der Waals surface area contributed by atoms with Gasteiger partial charge in [0, 0.05) is 30.5 Å². The van der Waals surface area contributed by atoms with Crippen LogP contribution in [-0.4, -0.2) is 42.6 Å². The Bertz CT molecular complexity index is 467. The Kier molecular flexibility index (Phi) is 8.68. The highest BCUT2D eigenvalue weighted by Gasteiger charge is 2.17. The molecule has 1 fully saturated rings. The summed E-state index contributed by atoms with van der Waals surface area (Å²) in [7, 11) is 0. The van der Waals surface area contributed by atoms with Crippen molar-refractivity contribution in [3.8, 4) is 5.75 Å². The number of hydrogen-bond donors (Lipinski definition) is 2. The molecule has 2 rings (SSSR count). The smallest absolute Gasteiger partial charge is 0.221 e. The summed E-state index contributed by atoms with van der Waals surface area (Å²) in [4.78, 5) is 11.9. The average molecular weight is 345 g/mol. The first-order valence-electron chi connectivity index (χ1n) is 7.45.